The Kier molecular flexibility index (Phi) is 7.77. The van der Waals surface area contributed by atoms with Crippen LogP contribution >= 0.6 is 0 Å². The third-order valence-corrected chi connectivity index (χ3v) is 5.41. The zero-order valence-electron chi connectivity index (χ0n) is 16.0. The van der Waals surface area contributed by atoms with Crippen LogP contribution in [0.25, 0.3) is 0 Å². The van der Waals surface area contributed by atoms with Gasteiger partial charge in [0, 0.05) is 0 Å². The third kappa shape index (κ3) is 7.16. The fourth-order valence-corrected chi connectivity index (χ4v) is 3.72. The summed E-state index contributed by atoms with van der Waals surface area (Å²) in [5.41, 5.74) is 0.891. The highest BCUT2D eigenvalue weighted by molar-refractivity contribution is 7.85. The van der Waals surface area contributed by atoms with Crippen LogP contribution in [-0.4, -0.2) is 24.5 Å². The maximum Gasteiger partial charge on any atom is 0.300 e. The zero-order chi connectivity index (χ0) is 19.0. The van der Waals surface area contributed by atoms with Gasteiger partial charge < -0.3 is 9.47 Å². The van der Waals surface area contributed by atoms with E-state index in [2.05, 4.69) is 13.8 Å². The lowest BCUT2D eigenvalue weighted by Crippen LogP contribution is -2.36. The predicted octanol–water partition coefficient (Wildman–Crippen LogP) is 5.14. The van der Waals surface area contributed by atoms with Gasteiger partial charge in [0.15, 0.2) is 0 Å². The normalized spacial score (nSPS) is 19.7. The van der Waals surface area contributed by atoms with Crippen LogP contribution in [0, 0.1) is 0 Å². The number of benzene rings is 1. The molecule has 26 heavy (non-hydrogen) atoms. The molecule has 1 heterocycles. The Balaban J connectivity index is 1.80. The molecule has 1 N–H and O–H groups in total. The molecule has 0 saturated heterocycles. The number of hydrogen-bond donors (Lipinski definition) is 1. The van der Waals surface area contributed by atoms with Crippen molar-refractivity contribution in [2.24, 2.45) is 0 Å². The SMILES string of the molecule is CCCCCCCCCC1(C)CCc2cc(OCS(=O)(=O)O)ccc2O1. The summed E-state index contributed by atoms with van der Waals surface area (Å²) in [4.78, 5) is 0. The molecule has 1 aliphatic rings. The second-order valence-electron chi connectivity index (χ2n) is 7.54. The summed E-state index contributed by atoms with van der Waals surface area (Å²) in [6.45, 7) is 4.42. The van der Waals surface area contributed by atoms with Gasteiger partial charge in [0.2, 0.25) is 5.94 Å². The second-order valence-corrected chi connectivity index (χ2v) is 8.94. The van der Waals surface area contributed by atoms with E-state index in [0.717, 1.165) is 30.6 Å². The lowest BCUT2D eigenvalue weighted by molar-refractivity contribution is 0.0533. The molecule has 0 radical (unpaired) electrons. The number of rotatable bonds is 11. The van der Waals surface area contributed by atoms with Crippen molar-refractivity contribution < 1.29 is 22.4 Å². The smallest absolute Gasteiger partial charge is 0.300 e. The minimum Gasteiger partial charge on any atom is -0.487 e. The number of aryl methyl sites for hydroxylation is 1. The third-order valence-electron chi connectivity index (χ3n) is 5.00. The molecule has 1 aromatic carbocycles. The molecule has 6 heteroatoms. The summed E-state index contributed by atoms with van der Waals surface area (Å²) in [6, 6.07) is 5.31. The molecule has 0 saturated carbocycles. The van der Waals surface area contributed by atoms with Crippen LogP contribution < -0.4 is 9.47 Å². The van der Waals surface area contributed by atoms with Gasteiger partial charge >= 0.3 is 10.1 Å². The maximum atomic E-state index is 10.8. The predicted molar refractivity (Wildman–Crippen MR) is 103 cm³/mol. The Morgan fingerprint density at radius 2 is 1.85 bits per heavy atom. The van der Waals surface area contributed by atoms with Crippen molar-refractivity contribution in [3.63, 3.8) is 0 Å². The van der Waals surface area contributed by atoms with Gasteiger partial charge in [-0.15, -0.1) is 0 Å². The zero-order valence-corrected chi connectivity index (χ0v) is 16.8. The van der Waals surface area contributed by atoms with E-state index in [1.54, 1.807) is 12.1 Å². The first-order chi connectivity index (χ1) is 12.3. The van der Waals surface area contributed by atoms with E-state index in [0.29, 0.717) is 5.75 Å². The van der Waals surface area contributed by atoms with Crippen LogP contribution in [0.3, 0.4) is 0 Å². The molecule has 148 valence electrons. The topological polar surface area (TPSA) is 72.8 Å². The Morgan fingerprint density at radius 3 is 2.54 bits per heavy atom. The molecule has 0 aliphatic carbocycles. The van der Waals surface area contributed by atoms with E-state index in [-0.39, 0.29) is 5.60 Å². The average Bonchev–Trinajstić information content (AvgIpc) is 2.58. The van der Waals surface area contributed by atoms with Crippen molar-refractivity contribution in [1.82, 2.24) is 0 Å². The van der Waals surface area contributed by atoms with Crippen LogP contribution in [0.1, 0.15) is 77.2 Å². The van der Waals surface area contributed by atoms with Gasteiger partial charge in [-0.2, -0.15) is 8.42 Å². The first-order valence-corrected chi connectivity index (χ1v) is 11.3. The van der Waals surface area contributed by atoms with Crippen molar-refractivity contribution >= 4 is 10.1 Å². The molecular weight excluding hydrogens is 352 g/mol. The molecule has 0 aromatic heterocycles. The Bertz CT molecular complexity index is 671. The van der Waals surface area contributed by atoms with Crippen LogP contribution in [0.5, 0.6) is 11.5 Å². The van der Waals surface area contributed by atoms with Crippen LogP contribution in [0.4, 0.5) is 0 Å². The summed E-state index contributed by atoms with van der Waals surface area (Å²) >= 11 is 0. The molecule has 5 nitrogen and oxygen atoms in total. The average molecular weight is 385 g/mol. The minimum atomic E-state index is -4.14. The Labute approximate surface area is 157 Å². The lowest BCUT2D eigenvalue weighted by Gasteiger charge is -2.36. The first-order valence-electron chi connectivity index (χ1n) is 9.71. The van der Waals surface area contributed by atoms with Gasteiger partial charge in [0.25, 0.3) is 0 Å². The van der Waals surface area contributed by atoms with E-state index in [1.807, 2.05) is 6.07 Å². The fraction of sp³-hybridized carbons (Fsp3) is 0.700. The van der Waals surface area contributed by atoms with Crippen LogP contribution in [-0.2, 0) is 16.5 Å². The molecular formula is C20H32O5S. The van der Waals surface area contributed by atoms with Gasteiger partial charge in [-0.05, 0) is 56.4 Å². The molecule has 0 amide bonds. The van der Waals surface area contributed by atoms with Crippen LogP contribution in [0.2, 0.25) is 0 Å². The Hall–Kier alpha value is -1.27. The van der Waals surface area contributed by atoms with Crippen molar-refractivity contribution in [3.8, 4) is 11.5 Å². The quantitative estimate of drug-likeness (QED) is 0.423. The molecule has 1 unspecified atom stereocenters. The fourth-order valence-electron chi connectivity index (χ4n) is 3.43. The molecule has 0 fully saturated rings. The number of ether oxygens (including phenoxy) is 2. The molecule has 1 aromatic rings. The summed E-state index contributed by atoms with van der Waals surface area (Å²) in [6.07, 6.45) is 11.9. The van der Waals surface area contributed by atoms with Crippen LogP contribution in [0.15, 0.2) is 18.2 Å². The first kappa shape index (κ1) is 21.0. The summed E-state index contributed by atoms with van der Waals surface area (Å²) in [5.74, 6) is 0.546. The van der Waals surface area contributed by atoms with E-state index in [1.165, 1.54) is 44.9 Å². The second kappa shape index (κ2) is 9.60. The van der Waals surface area contributed by atoms with Gasteiger partial charge in [0.05, 0.1) is 0 Å². The highest BCUT2D eigenvalue weighted by Gasteiger charge is 2.31. The number of hydrogen-bond acceptors (Lipinski definition) is 4. The van der Waals surface area contributed by atoms with E-state index in [4.69, 9.17) is 14.0 Å². The van der Waals surface area contributed by atoms with Gasteiger partial charge in [-0.25, -0.2) is 0 Å². The summed E-state index contributed by atoms with van der Waals surface area (Å²) < 4.78 is 41.7. The summed E-state index contributed by atoms with van der Waals surface area (Å²) in [7, 11) is -4.14. The molecule has 0 bridgehead atoms. The standard InChI is InChI=1S/C20H32O5S/c1-3-4-5-6-7-8-9-13-20(2)14-12-17-15-18(10-11-19(17)25-20)24-16-26(21,22)23/h10-11,15H,3-9,12-14,16H2,1-2H3,(H,21,22,23). The van der Waals surface area contributed by atoms with Crippen molar-refractivity contribution in [2.45, 2.75) is 83.7 Å². The Morgan fingerprint density at radius 1 is 1.15 bits per heavy atom. The monoisotopic (exact) mass is 384 g/mol. The number of fused-ring (bicyclic) bond motifs is 1. The number of unbranched alkanes of at least 4 members (excludes halogenated alkanes) is 6. The maximum absolute atomic E-state index is 10.8. The molecule has 2 rings (SSSR count). The van der Waals surface area contributed by atoms with Crippen molar-refractivity contribution in [3.05, 3.63) is 23.8 Å². The van der Waals surface area contributed by atoms with E-state index < -0.39 is 16.1 Å². The molecule has 1 aliphatic heterocycles. The van der Waals surface area contributed by atoms with Crippen molar-refractivity contribution in [1.29, 1.82) is 0 Å². The highest BCUT2D eigenvalue weighted by atomic mass is 32.2. The summed E-state index contributed by atoms with van der Waals surface area (Å²) in [5, 5.41) is 0. The molecule has 0 spiro atoms. The van der Waals surface area contributed by atoms with E-state index in [9.17, 15) is 8.42 Å². The minimum absolute atomic E-state index is 0.132. The van der Waals surface area contributed by atoms with E-state index >= 15 is 0 Å². The van der Waals surface area contributed by atoms with Crippen molar-refractivity contribution in [2.75, 3.05) is 5.94 Å². The largest absolute Gasteiger partial charge is 0.487 e. The lowest BCUT2D eigenvalue weighted by atomic mass is 9.88. The van der Waals surface area contributed by atoms with Gasteiger partial charge in [0.1, 0.15) is 17.1 Å². The molecule has 1 atom stereocenters. The highest BCUT2D eigenvalue weighted by Crippen LogP contribution is 2.37. The van der Waals surface area contributed by atoms with Gasteiger partial charge in [-0.1, -0.05) is 45.4 Å². The van der Waals surface area contributed by atoms with Gasteiger partial charge in [-0.3, -0.25) is 4.55 Å².